The summed E-state index contributed by atoms with van der Waals surface area (Å²) in [4.78, 5) is 8.97. The first-order valence-electron chi connectivity index (χ1n) is 13.1. The minimum atomic E-state index is 0. The van der Waals surface area contributed by atoms with Gasteiger partial charge in [0.1, 0.15) is 11.1 Å². The van der Waals surface area contributed by atoms with Gasteiger partial charge in [0.25, 0.3) is 0 Å². The normalized spacial score (nSPS) is 10.8. The van der Waals surface area contributed by atoms with E-state index in [1.54, 1.807) is 12.4 Å². The average molecular weight is 723 g/mol. The number of aryl methyl sites for hydroxylation is 1. The van der Waals surface area contributed by atoms with E-state index in [0.717, 1.165) is 55.5 Å². The maximum absolute atomic E-state index is 6.27. The Morgan fingerprint density at radius 2 is 1.67 bits per heavy atom. The average Bonchev–Trinajstić information content (AvgIpc) is 3.61. The van der Waals surface area contributed by atoms with Crippen molar-refractivity contribution >= 4 is 33.1 Å². The van der Waals surface area contributed by atoms with Gasteiger partial charge >= 0.3 is 0 Å². The molecule has 8 rings (SSSR count). The van der Waals surface area contributed by atoms with E-state index in [4.69, 9.17) is 9.40 Å². The van der Waals surface area contributed by atoms with E-state index in [2.05, 4.69) is 57.7 Å². The third-order valence-corrected chi connectivity index (χ3v) is 6.74. The number of aromatic nitrogens is 6. The van der Waals surface area contributed by atoms with Crippen LogP contribution in [0.4, 0.5) is 0 Å². The van der Waals surface area contributed by atoms with Gasteiger partial charge in [0.2, 0.25) is 0 Å². The zero-order chi connectivity index (χ0) is 27.6. The summed E-state index contributed by atoms with van der Waals surface area (Å²) in [5.41, 5.74) is 7.80. The number of imidazole rings is 1. The minimum absolute atomic E-state index is 0. The van der Waals surface area contributed by atoms with Gasteiger partial charge < -0.3 is 14.0 Å². The van der Waals surface area contributed by atoms with Crippen LogP contribution in [0.25, 0.3) is 61.4 Å². The molecule has 0 fully saturated rings. The van der Waals surface area contributed by atoms with Crippen LogP contribution < -0.4 is 0 Å². The van der Waals surface area contributed by atoms with Crippen LogP contribution in [-0.4, -0.2) is 29.9 Å². The van der Waals surface area contributed by atoms with Crippen LogP contribution in [0.5, 0.6) is 0 Å². The van der Waals surface area contributed by atoms with Gasteiger partial charge in [-0.1, -0.05) is 53.4 Å². The van der Waals surface area contributed by atoms with Gasteiger partial charge in [0, 0.05) is 37.4 Å². The number of rotatable bonds is 3. The van der Waals surface area contributed by atoms with Gasteiger partial charge in [-0.25, -0.2) is 0 Å². The summed E-state index contributed by atoms with van der Waals surface area (Å²) < 4.78 is 8.28. The molecule has 0 spiro atoms. The Morgan fingerprint density at radius 3 is 2.48 bits per heavy atom. The molecule has 4 heterocycles. The van der Waals surface area contributed by atoms with E-state index < -0.39 is 0 Å². The molecular formula is C34H22IrN6O-2. The first-order valence-corrected chi connectivity index (χ1v) is 13.1. The Balaban J connectivity index is 0.000000205. The van der Waals surface area contributed by atoms with Crippen molar-refractivity contribution in [3.05, 3.63) is 133 Å². The van der Waals surface area contributed by atoms with E-state index in [0.29, 0.717) is 11.5 Å². The van der Waals surface area contributed by atoms with E-state index in [9.17, 15) is 0 Å². The molecular weight excluding hydrogens is 701 g/mol. The third-order valence-electron chi connectivity index (χ3n) is 6.74. The Bertz CT molecular complexity index is 2070. The molecule has 42 heavy (non-hydrogen) atoms. The summed E-state index contributed by atoms with van der Waals surface area (Å²) in [5.74, 6) is 0.690. The number of hydrogen-bond donors (Lipinski definition) is 0. The number of nitrogens with zero attached hydrogens (tertiary/aromatic N) is 6. The van der Waals surface area contributed by atoms with Gasteiger partial charge in [-0.2, -0.15) is 0 Å². The molecule has 205 valence electrons. The van der Waals surface area contributed by atoms with Crippen molar-refractivity contribution in [2.24, 2.45) is 0 Å². The number of pyridine rings is 1. The Kier molecular flexibility index (Phi) is 7.64. The molecule has 8 aromatic rings. The van der Waals surface area contributed by atoms with Crippen molar-refractivity contribution in [2.75, 3.05) is 0 Å². The van der Waals surface area contributed by atoms with Crippen molar-refractivity contribution < 1.29 is 24.5 Å². The van der Waals surface area contributed by atoms with Crippen LogP contribution in [-0.2, 0) is 20.1 Å². The SMILES string of the molecule is Cc1ccc2c(c1)oc1c(-c3nc4nnncc4n3-c3ccccc3)[c-]ccc12.[Ir].[c-]1ccccc1-c1ccccn1. The maximum atomic E-state index is 6.27. The second-order valence-electron chi connectivity index (χ2n) is 9.44. The quantitative estimate of drug-likeness (QED) is 0.177. The van der Waals surface area contributed by atoms with Crippen LogP contribution in [0, 0.1) is 19.1 Å². The topological polar surface area (TPSA) is 82.5 Å². The molecule has 0 atom stereocenters. The standard InChI is InChI=1S/C23H14N5O.C11H8N.Ir/c1-14-10-11-16-17-8-5-9-18(21(17)29-20(16)12-14)23-25-22-19(13-24-27-26-22)28(23)15-6-3-2-4-7-15;1-2-6-10(7-3-1)11-8-4-5-9-12-11;/h2-8,10-13H,1H3;1-6,8-9H;/q2*-1;. The molecule has 0 aliphatic heterocycles. The molecule has 7 nitrogen and oxygen atoms in total. The monoisotopic (exact) mass is 723 g/mol. The van der Waals surface area contributed by atoms with E-state index in [-0.39, 0.29) is 20.1 Å². The largest absolute Gasteiger partial charge is 0.501 e. The van der Waals surface area contributed by atoms with Gasteiger partial charge in [-0.15, -0.1) is 64.3 Å². The Hall–Kier alpha value is -5.04. The number of benzene rings is 4. The fourth-order valence-corrected chi connectivity index (χ4v) is 4.86. The summed E-state index contributed by atoms with van der Waals surface area (Å²) in [5, 5.41) is 13.9. The van der Waals surface area contributed by atoms with Crippen molar-refractivity contribution in [1.82, 2.24) is 29.9 Å². The van der Waals surface area contributed by atoms with Crippen LogP contribution in [0.3, 0.4) is 0 Å². The molecule has 0 aliphatic rings. The zero-order valence-corrected chi connectivity index (χ0v) is 24.8. The molecule has 0 saturated carbocycles. The first-order chi connectivity index (χ1) is 20.3. The second kappa shape index (κ2) is 11.8. The predicted octanol–water partition coefficient (Wildman–Crippen LogP) is 7.43. The van der Waals surface area contributed by atoms with Gasteiger partial charge in [-0.3, -0.25) is 4.98 Å². The van der Waals surface area contributed by atoms with Crippen molar-refractivity contribution in [2.45, 2.75) is 6.92 Å². The van der Waals surface area contributed by atoms with Crippen molar-refractivity contribution in [3.63, 3.8) is 0 Å². The number of para-hydroxylation sites is 1. The molecule has 0 unspecified atom stereocenters. The Morgan fingerprint density at radius 1 is 0.810 bits per heavy atom. The summed E-state index contributed by atoms with van der Waals surface area (Å²) in [6.07, 6.45) is 3.46. The molecule has 4 aromatic heterocycles. The molecule has 0 N–H and O–H groups in total. The van der Waals surface area contributed by atoms with Crippen LogP contribution in [0.15, 0.2) is 120 Å². The van der Waals surface area contributed by atoms with Gasteiger partial charge in [0.05, 0.1) is 17.6 Å². The molecule has 0 aliphatic carbocycles. The Labute approximate surface area is 255 Å². The molecule has 8 heteroatoms. The van der Waals surface area contributed by atoms with Gasteiger partial charge in [-0.05, 0) is 47.7 Å². The van der Waals surface area contributed by atoms with E-state index >= 15 is 0 Å². The smallest absolute Gasteiger partial charge is 0.194 e. The number of furan rings is 1. The van der Waals surface area contributed by atoms with E-state index in [1.165, 1.54) is 0 Å². The summed E-state index contributed by atoms with van der Waals surface area (Å²) in [7, 11) is 0. The van der Waals surface area contributed by atoms with Crippen LogP contribution >= 0.6 is 0 Å². The summed E-state index contributed by atoms with van der Waals surface area (Å²) in [6, 6.07) is 40.3. The molecule has 0 saturated heterocycles. The molecule has 4 aromatic carbocycles. The fourth-order valence-electron chi connectivity index (χ4n) is 4.86. The van der Waals surface area contributed by atoms with Crippen LogP contribution in [0.1, 0.15) is 5.56 Å². The molecule has 0 amide bonds. The van der Waals surface area contributed by atoms with Crippen LogP contribution in [0.2, 0.25) is 0 Å². The summed E-state index contributed by atoms with van der Waals surface area (Å²) >= 11 is 0. The zero-order valence-electron chi connectivity index (χ0n) is 22.4. The predicted molar refractivity (Wildman–Crippen MR) is 159 cm³/mol. The van der Waals surface area contributed by atoms with Gasteiger partial charge in [0.15, 0.2) is 5.65 Å². The molecule has 1 radical (unpaired) electrons. The fraction of sp³-hybridized carbons (Fsp3) is 0.0294. The first kappa shape index (κ1) is 27.1. The second-order valence-corrected chi connectivity index (χ2v) is 9.44. The van der Waals surface area contributed by atoms with Crippen molar-refractivity contribution in [1.29, 1.82) is 0 Å². The maximum Gasteiger partial charge on any atom is 0.194 e. The number of fused-ring (bicyclic) bond motifs is 4. The van der Waals surface area contributed by atoms with E-state index in [1.807, 2.05) is 89.5 Å². The van der Waals surface area contributed by atoms with Crippen molar-refractivity contribution in [3.8, 4) is 28.3 Å². The minimum Gasteiger partial charge on any atom is -0.501 e. The molecule has 0 bridgehead atoms. The number of hydrogen-bond acceptors (Lipinski definition) is 6. The summed E-state index contributed by atoms with van der Waals surface area (Å²) in [6.45, 7) is 2.06. The third kappa shape index (κ3) is 5.09.